The van der Waals surface area contributed by atoms with E-state index in [9.17, 15) is 0 Å². The molecule has 0 aliphatic heterocycles. The minimum absolute atomic E-state index is 0.946. The molecule has 0 aliphatic carbocycles. The molecule has 4 heterocycles. The van der Waals surface area contributed by atoms with Gasteiger partial charge in [-0.1, -0.05) is 24.3 Å². The number of hydrogen-bond acceptors (Lipinski definition) is 3. The smallest absolute Gasteiger partial charge is 0.0934 e. The van der Waals surface area contributed by atoms with Crippen LogP contribution < -0.4 is 0 Å². The molecule has 6 rings (SSSR count). The Labute approximate surface area is 179 Å². The van der Waals surface area contributed by atoms with E-state index in [4.69, 9.17) is 5.10 Å². The molecule has 0 atom stereocenters. The van der Waals surface area contributed by atoms with Crippen LogP contribution in [0.25, 0.3) is 49.8 Å². The van der Waals surface area contributed by atoms with Gasteiger partial charge in [-0.05, 0) is 82.2 Å². The third-order valence-electron chi connectivity index (χ3n) is 5.58. The summed E-state index contributed by atoms with van der Waals surface area (Å²) >= 11 is 0. The summed E-state index contributed by atoms with van der Waals surface area (Å²) in [7, 11) is 0. The van der Waals surface area contributed by atoms with Crippen molar-refractivity contribution < 1.29 is 0 Å². The molecule has 0 bridgehead atoms. The minimum atomic E-state index is 0.946. The van der Waals surface area contributed by atoms with Crippen molar-refractivity contribution in [2.75, 3.05) is 0 Å². The second kappa shape index (κ2) is 7.18. The first-order chi connectivity index (χ1) is 15.3. The number of pyridine rings is 3. The summed E-state index contributed by atoms with van der Waals surface area (Å²) in [6.45, 7) is 0. The van der Waals surface area contributed by atoms with Gasteiger partial charge in [-0.25, -0.2) is 4.52 Å². The first kappa shape index (κ1) is 17.5. The van der Waals surface area contributed by atoms with Crippen LogP contribution >= 0.6 is 0 Å². The molecule has 0 radical (unpaired) electrons. The van der Waals surface area contributed by atoms with Gasteiger partial charge in [0.25, 0.3) is 0 Å². The summed E-state index contributed by atoms with van der Waals surface area (Å²) in [4.78, 5) is 8.33. The molecule has 31 heavy (non-hydrogen) atoms. The van der Waals surface area contributed by atoms with Crippen molar-refractivity contribution in [3.63, 3.8) is 0 Å². The predicted molar refractivity (Wildman–Crippen MR) is 125 cm³/mol. The maximum atomic E-state index is 4.89. The monoisotopic (exact) mass is 398 g/mol. The first-order valence-electron chi connectivity index (χ1n) is 10.2. The molecule has 0 fully saturated rings. The lowest BCUT2D eigenvalue weighted by molar-refractivity contribution is 0.974. The van der Waals surface area contributed by atoms with Crippen LogP contribution in [-0.2, 0) is 0 Å². The average Bonchev–Trinajstić information content (AvgIpc) is 3.26. The van der Waals surface area contributed by atoms with Crippen LogP contribution in [0.1, 0.15) is 0 Å². The number of nitrogens with zero attached hydrogens (tertiary/aromatic N) is 4. The molecule has 4 aromatic heterocycles. The first-order valence-corrected chi connectivity index (χ1v) is 10.2. The van der Waals surface area contributed by atoms with Crippen LogP contribution in [0.4, 0.5) is 0 Å². The number of benzene rings is 2. The van der Waals surface area contributed by atoms with E-state index in [1.54, 1.807) is 0 Å². The van der Waals surface area contributed by atoms with E-state index in [-0.39, 0.29) is 0 Å². The summed E-state index contributed by atoms with van der Waals surface area (Å²) in [5.74, 6) is 0. The van der Waals surface area contributed by atoms with Crippen molar-refractivity contribution in [1.29, 1.82) is 0 Å². The quantitative estimate of drug-likeness (QED) is 0.352. The minimum Gasteiger partial charge on any atom is -0.265 e. The Kier molecular flexibility index (Phi) is 4.06. The van der Waals surface area contributed by atoms with E-state index in [1.807, 2.05) is 53.6 Å². The zero-order valence-electron chi connectivity index (χ0n) is 16.7. The van der Waals surface area contributed by atoms with Crippen LogP contribution in [0.2, 0.25) is 0 Å². The Morgan fingerprint density at radius 2 is 1.10 bits per heavy atom. The number of fused-ring (bicyclic) bond motifs is 2. The highest BCUT2D eigenvalue weighted by atomic mass is 15.2. The molecular formula is C27H18N4. The van der Waals surface area contributed by atoms with Gasteiger partial charge in [-0.2, -0.15) is 5.10 Å². The molecule has 6 aromatic rings. The second-order valence-electron chi connectivity index (χ2n) is 7.57. The van der Waals surface area contributed by atoms with Gasteiger partial charge in [0, 0.05) is 41.9 Å². The van der Waals surface area contributed by atoms with Crippen LogP contribution in [0, 0.1) is 0 Å². The fourth-order valence-electron chi connectivity index (χ4n) is 4.01. The lowest BCUT2D eigenvalue weighted by atomic mass is 9.96. The Hall–Kier alpha value is -4.31. The molecule has 2 aromatic carbocycles. The van der Waals surface area contributed by atoms with Crippen LogP contribution in [0.3, 0.4) is 0 Å². The van der Waals surface area contributed by atoms with Crippen molar-refractivity contribution in [3.05, 3.63) is 110 Å². The van der Waals surface area contributed by atoms with E-state index in [0.717, 1.165) is 39.0 Å². The van der Waals surface area contributed by atoms with Gasteiger partial charge < -0.3 is 0 Å². The van der Waals surface area contributed by atoms with Crippen LogP contribution in [-0.4, -0.2) is 19.6 Å². The summed E-state index contributed by atoms with van der Waals surface area (Å²) < 4.78 is 1.96. The Morgan fingerprint density at radius 1 is 0.516 bits per heavy atom. The fraction of sp³-hybridized carbons (Fsp3) is 0. The largest absolute Gasteiger partial charge is 0.265 e. The van der Waals surface area contributed by atoms with Crippen molar-refractivity contribution in [1.82, 2.24) is 19.6 Å². The molecule has 146 valence electrons. The third-order valence-corrected chi connectivity index (χ3v) is 5.58. The number of aromatic nitrogens is 4. The van der Waals surface area contributed by atoms with Crippen molar-refractivity contribution in [2.24, 2.45) is 0 Å². The molecule has 4 heteroatoms. The Balaban J connectivity index is 1.56. The predicted octanol–water partition coefficient (Wildman–Crippen LogP) is 6.28. The normalized spacial score (nSPS) is 11.2. The fourth-order valence-corrected chi connectivity index (χ4v) is 4.01. The van der Waals surface area contributed by atoms with Crippen molar-refractivity contribution in [3.8, 4) is 33.5 Å². The zero-order valence-corrected chi connectivity index (χ0v) is 16.7. The van der Waals surface area contributed by atoms with Crippen molar-refractivity contribution in [2.45, 2.75) is 0 Å². The van der Waals surface area contributed by atoms with Gasteiger partial charge in [0.05, 0.1) is 11.2 Å². The molecule has 0 N–H and O–H groups in total. The maximum Gasteiger partial charge on any atom is 0.0934 e. The topological polar surface area (TPSA) is 43.1 Å². The highest BCUT2D eigenvalue weighted by Crippen LogP contribution is 2.33. The SMILES string of the molecule is c1ccc2cn3nc(-c4cc(-c5ccncc5)cc(-c5ccncc5)c4)cc3cc2c1. The van der Waals surface area contributed by atoms with E-state index < -0.39 is 0 Å². The number of hydrogen-bond donors (Lipinski definition) is 0. The lowest BCUT2D eigenvalue weighted by Gasteiger charge is -2.09. The summed E-state index contributed by atoms with van der Waals surface area (Å²) in [5, 5.41) is 7.28. The lowest BCUT2D eigenvalue weighted by Crippen LogP contribution is -1.89. The van der Waals surface area contributed by atoms with E-state index in [1.165, 1.54) is 10.8 Å². The standard InChI is InChI=1S/C27H18N4/c1-2-4-22-18-31-26(16-21(22)3-1)17-27(30-31)25-14-23(19-5-9-28-10-6-19)13-24(15-25)20-7-11-29-12-8-20/h1-18H. The molecule has 0 amide bonds. The van der Waals surface area contributed by atoms with Gasteiger partial charge in [0.15, 0.2) is 0 Å². The van der Waals surface area contributed by atoms with Gasteiger partial charge in [0.2, 0.25) is 0 Å². The summed E-state index contributed by atoms with van der Waals surface area (Å²) in [6, 6.07) is 27.4. The Bertz CT molecular complexity index is 1410. The molecule has 4 nitrogen and oxygen atoms in total. The van der Waals surface area contributed by atoms with Gasteiger partial charge in [0.1, 0.15) is 0 Å². The number of rotatable bonds is 3. The summed E-state index contributed by atoms with van der Waals surface area (Å²) in [5.41, 5.74) is 7.62. The summed E-state index contributed by atoms with van der Waals surface area (Å²) in [6.07, 6.45) is 9.38. The van der Waals surface area contributed by atoms with Crippen LogP contribution in [0.5, 0.6) is 0 Å². The molecular weight excluding hydrogens is 380 g/mol. The molecule has 0 aliphatic rings. The molecule has 0 spiro atoms. The second-order valence-corrected chi connectivity index (χ2v) is 7.57. The third kappa shape index (κ3) is 3.24. The van der Waals surface area contributed by atoms with E-state index in [0.29, 0.717) is 0 Å². The molecule has 0 saturated carbocycles. The molecule has 0 unspecified atom stereocenters. The highest BCUT2D eigenvalue weighted by molar-refractivity contribution is 5.87. The van der Waals surface area contributed by atoms with Crippen LogP contribution in [0.15, 0.2) is 110 Å². The van der Waals surface area contributed by atoms with Gasteiger partial charge >= 0.3 is 0 Å². The van der Waals surface area contributed by atoms with Gasteiger partial charge in [-0.3, -0.25) is 9.97 Å². The highest BCUT2D eigenvalue weighted by Gasteiger charge is 2.11. The van der Waals surface area contributed by atoms with Gasteiger partial charge in [-0.15, -0.1) is 0 Å². The maximum absolute atomic E-state index is 4.89. The molecule has 0 saturated heterocycles. The van der Waals surface area contributed by atoms with E-state index >= 15 is 0 Å². The van der Waals surface area contributed by atoms with Crippen molar-refractivity contribution >= 4 is 16.3 Å². The zero-order chi connectivity index (χ0) is 20.6. The Morgan fingerprint density at radius 3 is 1.74 bits per heavy atom. The average molecular weight is 398 g/mol. The van der Waals surface area contributed by atoms with E-state index in [2.05, 4.69) is 70.8 Å².